The van der Waals surface area contributed by atoms with E-state index in [0.29, 0.717) is 5.75 Å². The summed E-state index contributed by atoms with van der Waals surface area (Å²) in [5.74, 6) is 0.649. The first-order valence-electron chi connectivity index (χ1n) is 12.9. The van der Waals surface area contributed by atoms with Gasteiger partial charge in [-0.1, -0.05) is 13.8 Å². The van der Waals surface area contributed by atoms with Gasteiger partial charge in [0.15, 0.2) is 17.8 Å². The Labute approximate surface area is 217 Å². The van der Waals surface area contributed by atoms with Gasteiger partial charge in [-0.3, -0.25) is 9.79 Å². The smallest absolute Gasteiger partial charge is 0.345 e. The molecule has 5 unspecified atom stereocenters. The minimum Gasteiger partial charge on any atom is -0.454 e. The molecule has 1 aromatic carbocycles. The first-order valence-corrected chi connectivity index (χ1v) is 12.9. The quantitative estimate of drug-likeness (QED) is 0.286. The number of ether oxygens (including phenoxy) is 4. The van der Waals surface area contributed by atoms with E-state index in [9.17, 15) is 15.0 Å². The summed E-state index contributed by atoms with van der Waals surface area (Å²) in [5.41, 5.74) is 0.869. The summed E-state index contributed by atoms with van der Waals surface area (Å²) >= 11 is 0. The summed E-state index contributed by atoms with van der Waals surface area (Å²) < 4.78 is 23.6. The van der Waals surface area contributed by atoms with E-state index in [4.69, 9.17) is 18.9 Å². The molecule has 0 saturated carbocycles. The van der Waals surface area contributed by atoms with Gasteiger partial charge >= 0.3 is 5.97 Å². The molecule has 4 aliphatic rings. The zero-order valence-electron chi connectivity index (χ0n) is 21.9. The number of rotatable bonds is 9. The van der Waals surface area contributed by atoms with Crippen LogP contribution >= 0.6 is 0 Å². The number of aliphatic hydroxyl groups excluding tert-OH is 1. The van der Waals surface area contributed by atoms with E-state index < -0.39 is 42.0 Å². The molecule has 1 aliphatic carbocycles. The van der Waals surface area contributed by atoms with Crippen LogP contribution in [0.5, 0.6) is 11.5 Å². The van der Waals surface area contributed by atoms with E-state index in [1.807, 2.05) is 19.9 Å². The van der Waals surface area contributed by atoms with Gasteiger partial charge in [0, 0.05) is 13.7 Å². The van der Waals surface area contributed by atoms with Gasteiger partial charge in [0.05, 0.1) is 19.1 Å². The Bertz CT molecular complexity index is 1060. The van der Waals surface area contributed by atoms with E-state index >= 15 is 0 Å². The van der Waals surface area contributed by atoms with Crippen LogP contribution in [0.1, 0.15) is 50.7 Å². The lowest BCUT2D eigenvalue weighted by atomic mass is 9.81. The van der Waals surface area contributed by atoms with Crippen LogP contribution in [-0.4, -0.2) is 84.8 Å². The zero-order chi connectivity index (χ0) is 26.4. The van der Waals surface area contributed by atoms with Crippen LogP contribution in [0.4, 0.5) is 0 Å². The summed E-state index contributed by atoms with van der Waals surface area (Å²) in [6.07, 6.45) is 1.56. The summed E-state index contributed by atoms with van der Waals surface area (Å²) in [7, 11) is 2.83. The van der Waals surface area contributed by atoms with Crippen molar-refractivity contribution in [2.45, 2.75) is 75.6 Å². The summed E-state index contributed by atoms with van der Waals surface area (Å²) in [5, 5.41) is 22.8. The Morgan fingerprint density at radius 3 is 2.70 bits per heavy atom. The molecule has 1 aromatic rings. The fourth-order valence-corrected chi connectivity index (χ4v) is 6.66. The van der Waals surface area contributed by atoms with Crippen molar-refractivity contribution >= 4 is 11.5 Å². The highest BCUT2D eigenvalue weighted by atomic mass is 17.2. The highest BCUT2D eigenvalue weighted by Gasteiger charge is 2.59. The molecule has 3 aliphatic heterocycles. The van der Waals surface area contributed by atoms with Gasteiger partial charge in [-0.2, -0.15) is 4.89 Å². The topological polar surface area (TPSA) is 116 Å². The number of nitrogens with zero attached hydrogens (tertiary/aromatic N) is 1. The molecule has 0 bridgehead atoms. The average Bonchev–Trinajstić information content (AvgIpc) is 3.53. The molecule has 2 N–H and O–H groups in total. The molecule has 0 aromatic heterocycles. The SMILES string of the molecule is COOC(=O)CC(O)(CC(C)C)C(O)OC1C(OC)C=C2c3cc4c(cc3CCN3CCCC213)OCO4. The molecule has 0 amide bonds. The van der Waals surface area contributed by atoms with Crippen molar-refractivity contribution in [1.29, 1.82) is 0 Å². The molecule has 10 nitrogen and oxygen atoms in total. The Morgan fingerprint density at radius 2 is 2.00 bits per heavy atom. The molecule has 1 fully saturated rings. The number of benzene rings is 1. The van der Waals surface area contributed by atoms with Gasteiger partial charge < -0.3 is 29.2 Å². The van der Waals surface area contributed by atoms with Crippen molar-refractivity contribution in [3.8, 4) is 11.5 Å². The van der Waals surface area contributed by atoms with Crippen molar-refractivity contribution in [2.75, 3.05) is 34.1 Å². The van der Waals surface area contributed by atoms with Crippen LogP contribution in [0.3, 0.4) is 0 Å². The Morgan fingerprint density at radius 1 is 1.24 bits per heavy atom. The van der Waals surface area contributed by atoms with Gasteiger partial charge in [0.1, 0.15) is 17.8 Å². The largest absolute Gasteiger partial charge is 0.454 e. The monoisotopic (exact) mass is 519 g/mol. The summed E-state index contributed by atoms with van der Waals surface area (Å²) in [6.45, 7) is 5.67. The maximum Gasteiger partial charge on any atom is 0.345 e. The molecule has 37 heavy (non-hydrogen) atoms. The predicted molar refractivity (Wildman–Crippen MR) is 132 cm³/mol. The Kier molecular flexibility index (Phi) is 7.25. The molecule has 1 spiro atoms. The summed E-state index contributed by atoms with van der Waals surface area (Å²) in [4.78, 5) is 23.7. The third-order valence-corrected chi connectivity index (χ3v) is 8.05. The second-order valence-electron chi connectivity index (χ2n) is 10.8. The predicted octanol–water partition coefficient (Wildman–Crippen LogP) is 2.19. The number of carbonyl (C=O) groups is 1. The number of carbonyl (C=O) groups excluding carboxylic acids is 1. The molecule has 3 heterocycles. The van der Waals surface area contributed by atoms with Crippen LogP contribution in [-0.2, 0) is 30.5 Å². The average molecular weight is 520 g/mol. The van der Waals surface area contributed by atoms with Crippen LogP contribution < -0.4 is 9.47 Å². The van der Waals surface area contributed by atoms with Crippen LogP contribution in [0, 0.1) is 5.92 Å². The summed E-state index contributed by atoms with van der Waals surface area (Å²) in [6, 6.07) is 4.09. The van der Waals surface area contributed by atoms with Crippen LogP contribution in [0.25, 0.3) is 5.57 Å². The Hall–Kier alpha value is -2.21. The number of fused-ring (bicyclic) bond motifs is 3. The molecular weight excluding hydrogens is 482 g/mol. The highest BCUT2D eigenvalue weighted by Crippen LogP contribution is 2.54. The van der Waals surface area contributed by atoms with Crippen LogP contribution in [0.15, 0.2) is 18.2 Å². The molecule has 1 saturated heterocycles. The normalized spacial score (nSPS) is 28.7. The molecule has 10 heteroatoms. The second kappa shape index (κ2) is 10.2. The number of hydrogen-bond acceptors (Lipinski definition) is 10. The van der Waals surface area contributed by atoms with Gasteiger partial charge in [-0.05, 0) is 73.1 Å². The minimum atomic E-state index is -1.88. The first-order chi connectivity index (χ1) is 17.7. The third kappa shape index (κ3) is 4.53. The lowest BCUT2D eigenvalue weighted by Crippen LogP contribution is -2.59. The van der Waals surface area contributed by atoms with Crippen molar-refractivity contribution in [3.05, 3.63) is 29.3 Å². The fraction of sp³-hybridized carbons (Fsp3) is 0.667. The van der Waals surface area contributed by atoms with Crippen molar-refractivity contribution in [3.63, 3.8) is 0 Å². The fourth-order valence-electron chi connectivity index (χ4n) is 6.66. The van der Waals surface area contributed by atoms with Crippen molar-refractivity contribution in [1.82, 2.24) is 4.90 Å². The zero-order valence-corrected chi connectivity index (χ0v) is 21.9. The van der Waals surface area contributed by atoms with E-state index in [2.05, 4.69) is 26.8 Å². The second-order valence-corrected chi connectivity index (χ2v) is 10.8. The van der Waals surface area contributed by atoms with E-state index in [1.54, 1.807) is 7.11 Å². The third-order valence-electron chi connectivity index (χ3n) is 8.05. The standard InChI is InChI=1S/C27H37NO9/c1-16(2)13-26(31,14-23(29)37-33-4)25(30)36-24-22(32-3)12-19-18-11-21-20(34-15-35-21)10-17(18)6-9-28-8-5-7-27(19,24)28/h10-12,16,22,24-25,30-31H,5-9,13-15H2,1-4H3. The maximum atomic E-state index is 12.2. The number of hydrogen-bond donors (Lipinski definition) is 2. The number of methoxy groups -OCH3 is 1. The molecule has 0 radical (unpaired) electrons. The molecule has 5 atom stereocenters. The lowest BCUT2D eigenvalue weighted by Gasteiger charge is -2.45. The van der Waals surface area contributed by atoms with Crippen molar-refractivity contribution in [2.24, 2.45) is 5.92 Å². The number of aliphatic hydroxyl groups is 2. The molecule has 204 valence electrons. The highest BCUT2D eigenvalue weighted by molar-refractivity contribution is 5.82. The van der Waals surface area contributed by atoms with Crippen molar-refractivity contribution < 1.29 is 43.7 Å². The van der Waals surface area contributed by atoms with Gasteiger partial charge in [0.2, 0.25) is 6.79 Å². The molecule has 5 rings (SSSR count). The van der Waals surface area contributed by atoms with Crippen LogP contribution in [0.2, 0.25) is 0 Å². The Balaban J connectivity index is 1.51. The minimum absolute atomic E-state index is 0.0238. The van der Waals surface area contributed by atoms with E-state index in [0.717, 1.165) is 49.2 Å². The maximum absolute atomic E-state index is 12.2. The lowest BCUT2D eigenvalue weighted by molar-refractivity contribution is -0.279. The van der Waals surface area contributed by atoms with Gasteiger partial charge in [-0.15, -0.1) is 0 Å². The van der Waals surface area contributed by atoms with E-state index in [1.165, 1.54) is 12.7 Å². The first kappa shape index (κ1) is 26.4. The molecular formula is C27H37NO9. The van der Waals surface area contributed by atoms with Gasteiger partial charge in [0.25, 0.3) is 0 Å². The van der Waals surface area contributed by atoms with Gasteiger partial charge in [-0.25, -0.2) is 4.79 Å². The van der Waals surface area contributed by atoms with E-state index in [-0.39, 0.29) is 19.1 Å².